The lowest BCUT2D eigenvalue weighted by molar-refractivity contribution is -0.140. The van der Waals surface area contributed by atoms with Crippen LogP contribution in [0, 0.1) is 11.8 Å². The third-order valence-electron chi connectivity index (χ3n) is 9.43. The van der Waals surface area contributed by atoms with Gasteiger partial charge in [0.2, 0.25) is 5.91 Å². The number of ether oxygens (including phenoxy) is 2. The van der Waals surface area contributed by atoms with E-state index < -0.39 is 0 Å². The van der Waals surface area contributed by atoms with E-state index in [-0.39, 0.29) is 29.4 Å². The molecule has 6 rings (SSSR count). The molecular weight excluding hydrogens is 500 g/mol. The van der Waals surface area contributed by atoms with Gasteiger partial charge in [-0.3, -0.25) is 14.5 Å². The molecule has 0 unspecified atom stereocenters. The van der Waals surface area contributed by atoms with Gasteiger partial charge in [0.1, 0.15) is 17.6 Å². The van der Waals surface area contributed by atoms with E-state index in [2.05, 4.69) is 48.4 Å². The minimum Gasteiger partial charge on any atom is -0.487 e. The Balaban J connectivity index is 1.33. The molecule has 2 aliphatic heterocycles. The number of nitrogens with zero attached hydrogens (tertiary/aromatic N) is 2. The monoisotopic (exact) mass is 540 g/mol. The zero-order valence-electron chi connectivity index (χ0n) is 23.8. The Morgan fingerprint density at radius 2 is 1.98 bits per heavy atom. The summed E-state index contributed by atoms with van der Waals surface area (Å²) in [7, 11) is 0. The van der Waals surface area contributed by atoms with Crippen LogP contribution >= 0.6 is 0 Å². The van der Waals surface area contributed by atoms with Crippen LogP contribution in [-0.4, -0.2) is 59.5 Å². The molecule has 2 fully saturated rings. The predicted octanol–water partition coefficient (Wildman–Crippen LogP) is 5.37. The normalized spacial score (nSPS) is 28.2. The third-order valence-corrected chi connectivity index (χ3v) is 9.43. The summed E-state index contributed by atoms with van der Waals surface area (Å²) < 4.78 is 12.3. The average molecular weight is 541 g/mol. The molecule has 0 N–H and O–H groups in total. The van der Waals surface area contributed by atoms with E-state index in [9.17, 15) is 9.59 Å². The molecule has 210 valence electrons. The van der Waals surface area contributed by atoms with Gasteiger partial charge in [-0.15, -0.1) is 0 Å². The highest BCUT2D eigenvalue weighted by Gasteiger charge is 2.66. The number of benzene rings is 2. The zero-order valence-corrected chi connectivity index (χ0v) is 23.8. The van der Waals surface area contributed by atoms with Crippen molar-refractivity contribution in [2.45, 2.75) is 70.1 Å². The SMILES string of the molecule is C=C(CN1CC[C@]23c4c5cccc4O[C@H]2[C@H](N(CC(C)C)C(=O)C=Cc2ccccc2)CC[C@H]3[C@H]1C5)OC(C)=O. The van der Waals surface area contributed by atoms with E-state index >= 15 is 0 Å². The van der Waals surface area contributed by atoms with E-state index in [0.717, 1.165) is 43.5 Å². The minimum atomic E-state index is -0.321. The molecule has 5 atom stereocenters. The number of carbonyl (C=O) groups excluding carboxylic acids is 2. The van der Waals surface area contributed by atoms with Crippen molar-refractivity contribution in [2.75, 3.05) is 19.6 Å². The van der Waals surface area contributed by atoms with Crippen molar-refractivity contribution in [2.24, 2.45) is 11.8 Å². The highest BCUT2D eigenvalue weighted by atomic mass is 16.5. The predicted molar refractivity (Wildman–Crippen MR) is 156 cm³/mol. The number of likely N-dealkylation sites (tertiary alicyclic amines) is 1. The molecular formula is C34H40N2O4. The topological polar surface area (TPSA) is 59.1 Å². The molecule has 0 radical (unpaired) electrons. The van der Waals surface area contributed by atoms with Crippen molar-refractivity contribution >= 4 is 18.0 Å². The second-order valence-corrected chi connectivity index (χ2v) is 12.4. The fraction of sp³-hybridized carbons (Fsp3) is 0.471. The Labute approximate surface area is 237 Å². The van der Waals surface area contributed by atoms with Gasteiger partial charge in [0.15, 0.2) is 0 Å². The van der Waals surface area contributed by atoms with Gasteiger partial charge in [0, 0.05) is 36.6 Å². The minimum absolute atomic E-state index is 0.00753. The summed E-state index contributed by atoms with van der Waals surface area (Å²) in [5.41, 5.74) is 3.65. The molecule has 1 saturated carbocycles. The lowest BCUT2D eigenvalue weighted by atomic mass is 9.51. The summed E-state index contributed by atoms with van der Waals surface area (Å²) in [5.74, 6) is 2.01. The van der Waals surface area contributed by atoms with Crippen molar-refractivity contribution < 1.29 is 19.1 Å². The van der Waals surface area contributed by atoms with Crippen LogP contribution in [-0.2, 0) is 26.2 Å². The van der Waals surface area contributed by atoms with Crippen molar-refractivity contribution in [1.29, 1.82) is 0 Å². The second-order valence-electron chi connectivity index (χ2n) is 12.4. The van der Waals surface area contributed by atoms with E-state index in [0.29, 0.717) is 36.7 Å². The molecule has 2 bridgehead atoms. The van der Waals surface area contributed by atoms with E-state index in [1.807, 2.05) is 36.4 Å². The van der Waals surface area contributed by atoms with Gasteiger partial charge in [-0.2, -0.15) is 0 Å². The van der Waals surface area contributed by atoms with Crippen molar-refractivity contribution in [3.8, 4) is 5.75 Å². The molecule has 6 heteroatoms. The highest BCUT2D eigenvalue weighted by Crippen LogP contribution is 2.62. The molecule has 0 aromatic heterocycles. The first-order valence-electron chi connectivity index (χ1n) is 14.7. The van der Waals surface area contributed by atoms with Gasteiger partial charge in [-0.1, -0.05) is 62.9 Å². The maximum absolute atomic E-state index is 13.8. The smallest absolute Gasteiger partial charge is 0.307 e. The van der Waals surface area contributed by atoms with Crippen LogP contribution in [0.1, 0.15) is 56.7 Å². The number of hydrogen-bond donors (Lipinski definition) is 0. The lowest BCUT2D eigenvalue weighted by Gasteiger charge is -2.60. The number of rotatable bonds is 8. The summed E-state index contributed by atoms with van der Waals surface area (Å²) in [6, 6.07) is 16.8. The Hall–Kier alpha value is -3.38. The van der Waals surface area contributed by atoms with Crippen molar-refractivity contribution in [3.63, 3.8) is 0 Å². The first-order valence-corrected chi connectivity index (χ1v) is 14.7. The number of esters is 1. The molecule has 2 heterocycles. The molecule has 1 saturated heterocycles. The van der Waals surface area contributed by atoms with Crippen molar-refractivity contribution in [1.82, 2.24) is 9.80 Å². The fourth-order valence-corrected chi connectivity index (χ4v) is 8.16. The molecule has 1 amide bonds. The van der Waals surface area contributed by atoms with Crippen molar-refractivity contribution in [3.05, 3.63) is 83.6 Å². The second kappa shape index (κ2) is 10.5. The van der Waals surface area contributed by atoms with E-state index in [4.69, 9.17) is 9.47 Å². The number of piperidine rings is 1. The molecule has 2 aromatic rings. The first kappa shape index (κ1) is 26.8. The van der Waals surface area contributed by atoms with Gasteiger partial charge in [0.05, 0.1) is 12.6 Å². The average Bonchev–Trinajstić information content (AvgIpc) is 3.26. The van der Waals surface area contributed by atoms with E-state index in [1.54, 1.807) is 6.08 Å². The largest absolute Gasteiger partial charge is 0.487 e. The number of hydrogen-bond acceptors (Lipinski definition) is 5. The van der Waals surface area contributed by atoms with E-state index in [1.165, 1.54) is 18.1 Å². The van der Waals surface area contributed by atoms with Crippen LogP contribution in [0.5, 0.6) is 5.75 Å². The van der Waals surface area contributed by atoms with Crippen LogP contribution in [0.4, 0.5) is 0 Å². The number of amides is 1. The maximum Gasteiger partial charge on any atom is 0.307 e. The quantitative estimate of drug-likeness (QED) is 0.256. The molecule has 6 nitrogen and oxygen atoms in total. The molecule has 2 aliphatic carbocycles. The molecule has 2 aromatic carbocycles. The molecule has 40 heavy (non-hydrogen) atoms. The zero-order chi connectivity index (χ0) is 28.0. The summed E-state index contributed by atoms with van der Waals surface area (Å²) >= 11 is 0. The van der Waals surface area contributed by atoms with Gasteiger partial charge in [0.25, 0.3) is 0 Å². The van der Waals surface area contributed by atoms with Crippen LogP contribution in [0.15, 0.2) is 66.9 Å². The number of carbonyl (C=O) groups is 2. The summed E-state index contributed by atoms with van der Waals surface area (Å²) in [6.45, 7) is 12.0. The highest BCUT2D eigenvalue weighted by molar-refractivity contribution is 5.92. The fourth-order valence-electron chi connectivity index (χ4n) is 8.16. The standard InChI is InChI=1S/C34H40N2O4/c1-22(2)20-36(31(38)16-13-25-9-6-5-7-10-25)28-15-14-27-29-19-26-11-8-12-30-32(26)34(27,33(28)40-30)17-18-35(29)21-23(3)39-24(4)37/h5-13,16,22,27-29,33H,3,14-15,17-21H2,1-2,4H3/t27-,28+,29+,33-,34-/m0/s1. The van der Waals surface area contributed by atoms with Gasteiger partial charge in [-0.25, -0.2) is 0 Å². The van der Waals surface area contributed by atoms with Crippen LogP contribution < -0.4 is 4.74 Å². The van der Waals surface area contributed by atoms with Gasteiger partial charge in [-0.05, 0) is 67.3 Å². The van der Waals surface area contributed by atoms with Gasteiger partial charge < -0.3 is 14.4 Å². The Morgan fingerprint density at radius 3 is 2.73 bits per heavy atom. The Morgan fingerprint density at radius 1 is 1.18 bits per heavy atom. The lowest BCUT2D eigenvalue weighted by Crippen LogP contribution is -2.69. The van der Waals surface area contributed by atoms with Crippen LogP contribution in [0.25, 0.3) is 6.08 Å². The Bertz CT molecular complexity index is 1330. The first-order chi connectivity index (χ1) is 19.3. The summed E-state index contributed by atoms with van der Waals surface area (Å²) in [6.07, 6.45) is 7.44. The van der Waals surface area contributed by atoms with Crippen LogP contribution in [0.2, 0.25) is 0 Å². The summed E-state index contributed by atoms with van der Waals surface area (Å²) in [4.78, 5) is 30.0. The summed E-state index contributed by atoms with van der Waals surface area (Å²) in [5, 5.41) is 0. The molecule has 4 aliphatic rings. The third kappa shape index (κ3) is 4.56. The van der Waals surface area contributed by atoms with Gasteiger partial charge >= 0.3 is 5.97 Å². The molecule has 1 spiro atoms. The Kier molecular flexibility index (Phi) is 7.07. The van der Waals surface area contributed by atoms with Crippen LogP contribution in [0.3, 0.4) is 0 Å². The maximum atomic E-state index is 13.8.